The quantitative estimate of drug-likeness (QED) is 0.152. The fourth-order valence-corrected chi connectivity index (χ4v) is 5.01. The van der Waals surface area contributed by atoms with E-state index in [9.17, 15) is 0 Å². The van der Waals surface area contributed by atoms with Crippen LogP contribution in [-0.2, 0) is 25.8 Å². The van der Waals surface area contributed by atoms with Crippen LogP contribution in [0, 0.1) is 12.0 Å². The third kappa shape index (κ3) is 12.4. The summed E-state index contributed by atoms with van der Waals surface area (Å²) >= 11 is 0. The molecule has 1 N–H and O–H groups in total. The minimum Gasteiger partial charge on any atom is -0.675 e. The molecule has 2 aliphatic rings. The Morgan fingerprint density at radius 2 is 0.949 bits per heavy atom. The molecule has 0 aliphatic heterocycles. The van der Waals surface area contributed by atoms with E-state index in [0.717, 1.165) is 12.8 Å². The van der Waals surface area contributed by atoms with Gasteiger partial charge < -0.3 is 5.73 Å². The van der Waals surface area contributed by atoms with E-state index in [1.54, 1.807) is 0 Å². The molecule has 1 fully saturated rings. The molecule has 2 aliphatic carbocycles. The van der Waals surface area contributed by atoms with Gasteiger partial charge in [0.25, 0.3) is 0 Å². The number of allylic oxidation sites excluding steroid dienone is 4. The Labute approximate surface area is 257 Å². The Bertz CT molecular complexity index is 1190. The van der Waals surface area contributed by atoms with Crippen LogP contribution in [0.25, 0.3) is 16.9 Å². The van der Waals surface area contributed by atoms with E-state index in [1.807, 2.05) is 12.1 Å². The largest absolute Gasteiger partial charge is 0.675 e. The van der Waals surface area contributed by atoms with Crippen LogP contribution in [0.2, 0.25) is 0 Å². The van der Waals surface area contributed by atoms with Crippen molar-refractivity contribution in [2.75, 3.05) is 0 Å². The second-order valence-corrected chi connectivity index (χ2v) is 11.4. The molecule has 3 heteroatoms. The summed E-state index contributed by atoms with van der Waals surface area (Å²) in [5.41, 5.74) is 13.5. The molecule has 0 heterocycles. The Kier molecular flexibility index (Phi) is 15.0. The van der Waals surface area contributed by atoms with Crippen LogP contribution in [0.15, 0.2) is 138 Å². The van der Waals surface area contributed by atoms with Gasteiger partial charge in [-0.15, -0.1) is 13.0 Å². The normalized spacial score (nSPS) is 15.2. The molecule has 1 nitrogen and oxygen atoms in total. The van der Waals surface area contributed by atoms with Gasteiger partial charge in [0, 0.05) is 25.8 Å². The number of nitrogens with one attached hydrogen (secondary N) is 1. The fourth-order valence-electron chi connectivity index (χ4n) is 3.80. The van der Waals surface area contributed by atoms with Crippen molar-refractivity contribution in [3.05, 3.63) is 150 Å². The topological polar surface area (TPSA) is 23.8 Å². The molecule has 39 heavy (non-hydrogen) atoms. The summed E-state index contributed by atoms with van der Waals surface area (Å²) in [6.45, 7) is 8.67. The summed E-state index contributed by atoms with van der Waals surface area (Å²) in [4.78, 5) is 0. The fraction of sp³-hybridized carbons (Fsp3) is 0.222. The first-order valence-corrected chi connectivity index (χ1v) is 14.6. The Morgan fingerprint density at radius 3 is 1.18 bits per heavy atom. The molecule has 199 valence electrons. The standard InChI is InChI=1S/C12H11Si.C12H10.C9H13.C3H6N.Hf/c1-3-7-11(8-4-1)13-12-9-5-2-6-10-12;1-3-7-11(8-4-1)12-9-5-2-6-10-12;1-6-5-7(2)9(4)8(6)3;4-3-1-2-3;/h1-10,13H;1-10H;6H,1-4H3;3-4H,1-2H2;/q;;2*-1;. The summed E-state index contributed by atoms with van der Waals surface area (Å²) in [6.07, 6.45) is 5.66. The molecular weight excluding hydrogens is 653 g/mol. The van der Waals surface area contributed by atoms with Crippen LogP contribution < -0.4 is 10.4 Å². The average molecular weight is 693 g/mol. The van der Waals surface area contributed by atoms with Crippen LogP contribution in [0.1, 0.15) is 40.5 Å². The van der Waals surface area contributed by atoms with Crippen molar-refractivity contribution in [2.24, 2.45) is 5.92 Å². The van der Waals surface area contributed by atoms with Gasteiger partial charge in [0.1, 0.15) is 9.52 Å². The van der Waals surface area contributed by atoms with Crippen molar-refractivity contribution >= 4 is 19.9 Å². The van der Waals surface area contributed by atoms with Gasteiger partial charge in [-0.2, -0.15) is 11.1 Å². The summed E-state index contributed by atoms with van der Waals surface area (Å²) < 4.78 is 0. The first-order valence-electron chi connectivity index (χ1n) is 13.5. The van der Waals surface area contributed by atoms with Crippen LogP contribution in [0.3, 0.4) is 0 Å². The summed E-state index contributed by atoms with van der Waals surface area (Å²) in [5, 5.41) is 2.90. The van der Waals surface area contributed by atoms with Crippen molar-refractivity contribution < 1.29 is 25.8 Å². The molecule has 1 unspecified atom stereocenters. The summed E-state index contributed by atoms with van der Waals surface area (Å²) in [5.74, 6) is 0.560. The molecule has 0 amide bonds. The monoisotopic (exact) mass is 694 g/mol. The second-order valence-electron chi connectivity index (χ2n) is 9.77. The van der Waals surface area contributed by atoms with Gasteiger partial charge in [0.2, 0.25) is 0 Å². The maximum Gasteiger partial charge on any atom is 0.103 e. The molecule has 6 rings (SSSR count). The van der Waals surface area contributed by atoms with Crippen LogP contribution >= 0.6 is 0 Å². The first-order chi connectivity index (χ1) is 18.4. The molecular formula is C36H40HfNSi-2. The van der Waals surface area contributed by atoms with Gasteiger partial charge in [-0.1, -0.05) is 171 Å². The Hall–Kier alpha value is -2.59. The third-order valence-electron chi connectivity index (χ3n) is 6.63. The molecule has 1 saturated carbocycles. The van der Waals surface area contributed by atoms with Crippen molar-refractivity contribution in [2.45, 2.75) is 46.6 Å². The van der Waals surface area contributed by atoms with Gasteiger partial charge in [-0.25, -0.2) is 5.57 Å². The summed E-state index contributed by atoms with van der Waals surface area (Å²) in [7, 11) is 0.271. The molecule has 0 spiro atoms. The van der Waals surface area contributed by atoms with Gasteiger partial charge >= 0.3 is 0 Å². The molecule has 4 aromatic rings. The van der Waals surface area contributed by atoms with Gasteiger partial charge in [-0.05, 0) is 11.1 Å². The molecule has 0 aromatic heterocycles. The minimum absolute atomic E-state index is 0. The number of hydrogen-bond acceptors (Lipinski definition) is 0. The molecule has 0 bridgehead atoms. The number of hydrogen-bond donors (Lipinski definition) is 0. The van der Waals surface area contributed by atoms with Crippen molar-refractivity contribution in [1.29, 1.82) is 0 Å². The van der Waals surface area contributed by atoms with E-state index in [4.69, 9.17) is 5.73 Å². The van der Waals surface area contributed by atoms with E-state index in [1.165, 1.54) is 38.2 Å². The van der Waals surface area contributed by atoms with Crippen LogP contribution in [-0.4, -0.2) is 15.6 Å². The Morgan fingerprint density at radius 1 is 0.615 bits per heavy atom. The Balaban J connectivity index is 0.000000191. The maximum atomic E-state index is 6.69. The van der Waals surface area contributed by atoms with Crippen LogP contribution in [0.5, 0.6) is 0 Å². The van der Waals surface area contributed by atoms with Crippen molar-refractivity contribution in [3.63, 3.8) is 0 Å². The number of rotatable bonds is 3. The van der Waals surface area contributed by atoms with Gasteiger partial charge in [0.05, 0.1) is 0 Å². The average Bonchev–Trinajstić information content (AvgIpc) is 3.73. The van der Waals surface area contributed by atoms with E-state index in [-0.39, 0.29) is 35.4 Å². The van der Waals surface area contributed by atoms with Crippen molar-refractivity contribution in [3.8, 4) is 11.1 Å². The SMILES string of the molecule is CC1=[C-]C(C)C(C)=C1C.[Hf].[NH-]C1CC1.c1ccc(-c2ccccc2)cc1.c1ccc([SiH]c2ccccc2)cc1. The van der Waals surface area contributed by atoms with E-state index >= 15 is 0 Å². The zero-order valence-electron chi connectivity index (χ0n) is 23.7. The molecule has 0 saturated heterocycles. The van der Waals surface area contributed by atoms with Gasteiger partial charge in [-0.3, -0.25) is 6.08 Å². The number of benzene rings is 4. The first kappa shape index (κ1) is 32.6. The van der Waals surface area contributed by atoms with Crippen LogP contribution in [0.4, 0.5) is 0 Å². The predicted octanol–water partition coefficient (Wildman–Crippen LogP) is 8.35. The molecule has 1 atom stereocenters. The van der Waals surface area contributed by atoms with E-state index in [0.29, 0.717) is 12.0 Å². The van der Waals surface area contributed by atoms with Gasteiger partial charge in [0.15, 0.2) is 0 Å². The zero-order valence-corrected chi connectivity index (χ0v) is 28.4. The van der Waals surface area contributed by atoms with E-state index < -0.39 is 0 Å². The van der Waals surface area contributed by atoms with E-state index in [2.05, 4.69) is 143 Å². The smallest absolute Gasteiger partial charge is 0.103 e. The third-order valence-corrected chi connectivity index (χ3v) is 8.06. The maximum absolute atomic E-state index is 6.69. The molecule has 1 radical (unpaired) electrons. The zero-order chi connectivity index (χ0) is 27.2. The van der Waals surface area contributed by atoms with Crippen molar-refractivity contribution in [1.82, 2.24) is 0 Å². The molecule has 4 aromatic carbocycles. The summed E-state index contributed by atoms with van der Waals surface area (Å²) in [6, 6.07) is 42.4. The second kappa shape index (κ2) is 17.9. The minimum atomic E-state index is 0. The predicted molar refractivity (Wildman–Crippen MR) is 168 cm³/mol.